The molecule has 1 fully saturated rings. The SMILES string of the molecule is COc1cc(C2/C(=C(\O)c3nc4c(C)cccn4c3C)C(=O)C(=O)N2c2nnc(SCc3ccc(Cl)cc3)s2)ccc1OCc1ccccc1. The quantitative estimate of drug-likeness (QED) is 0.0494. The van der Waals surface area contributed by atoms with Crippen molar-refractivity contribution in [2.45, 2.75) is 36.6 Å². The van der Waals surface area contributed by atoms with Crippen molar-refractivity contribution in [2.24, 2.45) is 0 Å². The number of anilines is 1. The monoisotopic (exact) mass is 723 g/mol. The highest BCUT2D eigenvalue weighted by molar-refractivity contribution is 8.00. The van der Waals surface area contributed by atoms with Gasteiger partial charge in [0.25, 0.3) is 5.78 Å². The lowest BCUT2D eigenvalue weighted by Gasteiger charge is -2.23. The zero-order valence-electron chi connectivity index (χ0n) is 27.2. The van der Waals surface area contributed by atoms with Crippen molar-refractivity contribution >= 4 is 62.9 Å². The first-order valence-corrected chi connectivity index (χ1v) is 17.7. The van der Waals surface area contributed by atoms with Gasteiger partial charge in [0.1, 0.15) is 17.9 Å². The summed E-state index contributed by atoms with van der Waals surface area (Å²) in [4.78, 5) is 33.8. The van der Waals surface area contributed by atoms with Gasteiger partial charge in [-0.05, 0) is 66.4 Å². The molecule has 0 saturated carbocycles. The van der Waals surface area contributed by atoms with E-state index in [0.29, 0.717) is 50.1 Å². The Morgan fingerprint density at radius 3 is 2.48 bits per heavy atom. The molecule has 0 aliphatic carbocycles. The largest absolute Gasteiger partial charge is 0.505 e. The number of ketones is 1. The summed E-state index contributed by atoms with van der Waals surface area (Å²) in [5, 5.41) is 21.4. The molecule has 1 unspecified atom stereocenters. The molecule has 1 aliphatic heterocycles. The van der Waals surface area contributed by atoms with E-state index in [1.165, 1.54) is 35.1 Å². The molecule has 3 aromatic carbocycles. The number of methoxy groups -OCH3 is 1. The number of aromatic nitrogens is 4. The fraction of sp³-hybridized carbons (Fsp3) is 0.162. The van der Waals surface area contributed by atoms with Crippen molar-refractivity contribution in [3.8, 4) is 11.5 Å². The average molecular weight is 724 g/mol. The maximum Gasteiger partial charge on any atom is 0.301 e. The number of ether oxygens (including phenoxy) is 2. The van der Waals surface area contributed by atoms with Crippen molar-refractivity contribution in [2.75, 3.05) is 12.0 Å². The van der Waals surface area contributed by atoms with Gasteiger partial charge in [-0.15, -0.1) is 10.2 Å². The van der Waals surface area contributed by atoms with Crippen LogP contribution < -0.4 is 14.4 Å². The second kappa shape index (κ2) is 14.0. The molecule has 50 heavy (non-hydrogen) atoms. The first-order valence-electron chi connectivity index (χ1n) is 15.5. The number of carbonyl (C=O) groups excluding carboxylic acids is 2. The number of aryl methyl sites for hydroxylation is 2. The first kappa shape index (κ1) is 33.3. The van der Waals surface area contributed by atoms with Gasteiger partial charge in [-0.2, -0.15) is 0 Å². The Bertz CT molecular complexity index is 2270. The van der Waals surface area contributed by atoms with Crippen molar-refractivity contribution in [1.29, 1.82) is 0 Å². The van der Waals surface area contributed by atoms with Gasteiger partial charge in [-0.3, -0.25) is 14.5 Å². The number of aliphatic hydroxyl groups excluding tert-OH is 1. The number of rotatable bonds is 10. The smallest absolute Gasteiger partial charge is 0.301 e. The molecule has 13 heteroatoms. The maximum atomic E-state index is 13.9. The Morgan fingerprint density at radius 1 is 0.960 bits per heavy atom. The second-order valence-electron chi connectivity index (χ2n) is 11.5. The minimum Gasteiger partial charge on any atom is -0.505 e. The minimum atomic E-state index is -1.07. The standard InChI is InChI=1S/C37H30ClN5O5S2/c1-21-8-7-17-42-22(2)30(39-34(21)42)32(44)29-31(25-13-16-27(28(18-25)47-3)48-19-23-9-5-4-6-10-23)43(35(46)33(29)45)36-40-41-37(50-36)49-20-24-11-14-26(38)15-12-24/h4-18,31,44H,19-20H2,1-3H3/b32-29+. The molecule has 6 aromatic rings. The van der Waals surface area contributed by atoms with E-state index in [0.717, 1.165) is 16.7 Å². The summed E-state index contributed by atoms with van der Waals surface area (Å²) in [5.74, 6) is -0.637. The predicted octanol–water partition coefficient (Wildman–Crippen LogP) is 7.96. The molecule has 10 nitrogen and oxygen atoms in total. The maximum absolute atomic E-state index is 13.9. The Kier molecular flexibility index (Phi) is 9.32. The van der Waals surface area contributed by atoms with Gasteiger partial charge in [-0.25, -0.2) is 4.98 Å². The molecular formula is C37H30ClN5O5S2. The van der Waals surface area contributed by atoms with Crippen molar-refractivity contribution in [3.63, 3.8) is 0 Å². The number of fused-ring (bicyclic) bond motifs is 1. The number of thioether (sulfide) groups is 1. The minimum absolute atomic E-state index is 0.121. The van der Waals surface area contributed by atoms with Crippen LogP contribution in [0.25, 0.3) is 11.4 Å². The van der Waals surface area contributed by atoms with E-state index in [1.54, 1.807) is 25.1 Å². The third-order valence-corrected chi connectivity index (χ3v) is 10.7. The predicted molar refractivity (Wildman–Crippen MR) is 194 cm³/mol. The number of Topliss-reactive ketones (excluding diaryl/α,β-unsaturated/α-hetero) is 1. The number of halogens is 1. The number of carbonyl (C=O) groups is 2. The van der Waals surface area contributed by atoms with Crippen LogP contribution in [0.1, 0.15) is 39.7 Å². The number of amides is 1. The van der Waals surface area contributed by atoms with Crippen LogP contribution >= 0.6 is 34.7 Å². The molecule has 4 heterocycles. The molecule has 252 valence electrons. The van der Waals surface area contributed by atoms with Crippen LogP contribution in [0.5, 0.6) is 11.5 Å². The van der Waals surface area contributed by atoms with Crippen LogP contribution in [0.15, 0.2) is 101 Å². The summed E-state index contributed by atoms with van der Waals surface area (Å²) in [5.41, 5.74) is 4.73. The Hall–Kier alpha value is -5.17. The molecule has 1 saturated heterocycles. The van der Waals surface area contributed by atoms with E-state index in [9.17, 15) is 14.7 Å². The van der Waals surface area contributed by atoms with Crippen LogP contribution in [-0.4, -0.2) is 43.5 Å². The number of nitrogens with zero attached hydrogens (tertiary/aromatic N) is 5. The zero-order valence-corrected chi connectivity index (χ0v) is 29.6. The van der Waals surface area contributed by atoms with E-state index in [-0.39, 0.29) is 22.2 Å². The van der Waals surface area contributed by atoms with E-state index in [4.69, 9.17) is 26.1 Å². The topological polar surface area (TPSA) is 119 Å². The van der Waals surface area contributed by atoms with E-state index in [2.05, 4.69) is 10.2 Å². The zero-order chi connectivity index (χ0) is 34.9. The summed E-state index contributed by atoms with van der Waals surface area (Å²) in [6.45, 7) is 4.02. The third kappa shape index (κ3) is 6.33. The number of hydrogen-bond acceptors (Lipinski definition) is 10. The summed E-state index contributed by atoms with van der Waals surface area (Å²) in [6.07, 6.45) is 1.83. The summed E-state index contributed by atoms with van der Waals surface area (Å²) in [6, 6.07) is 25.1. The number of imidazole rings is 1. The lowest BCUT2D eigenvalue weighted by molar-refractivity contribution is -0.132. The van der Waals surface area contributed by atoms with Gasteiger partial charge < -0.3 is 19.0 Å². The van der Waals surface area contributed by atoms with Crippen LogP contribution in [0.2, 0.25) is 5.02 Å². The molecule has 0 radical (unpaired) electrons. The fourth-order valence-electron chi connectivity index (χ4n) is 5.81. The average Bonchev–Trinajstić information content (AvgIpc) is 3.81. The molecule has 1 atom stereocenters. The highest BCUT2D eigenvalue weighted by Crippen LogP contribution is 2.46. The highest BCUT2D eigenvalue weighted by atomic mass is 35.5. The normalized spacial score (nSPS) is 15.6. The molecule has 1 N–H and O–H groups in total. The number of aliphatic hydroxyl groups is 1. The van der Waals surface area contributed by atoms with Crippen LogP contribution in [0.3, 0.4) is 0 Å². The van der Waals surface area contributed by atoms with E-state index in [1.807, 2.05) is 84.3 Å². The summed E-state index contributed by atoms with van der Waals surface area (Å²) < 4.78 is 14.2. The van der Waals surface area contributed by atoms with Gasteiger partial charge in [0, 0.05) is 17.0 Å². The van der Waals surface area contributed by atoms with Crippen molar-refractivity contribution in [3.05, 3.63) is 135 Å². The second-order valence-corrected chi connectivity index (χ2v) is 14.2. The number of hydrogen-bond donors (Lipinski definition) is 1. The molecule has 3 aromatic heterocycles. The van der Waals surface area contributed by atoms with Gasteiger partial charge >= 0.3 is 5.91 Å². The van der Waals surface area contributed by atoms with Gasteiger partial charge in [0.2, 0.25) is 5.13 Å². The summed E-state index contributed by atoms with van der Waals surface area (Å²) >= 11 is 8.67. The first-order chi connectivity index (χ1) is 24.2. The molecule has 0 spiro atoms. The van der Waals surface area contributed by atoms with E-state index < -0.39 is 17.7 Å². The van der Waals surface area contributed by atoms with Crippen molar-refractivity contribution in [1.82, 2.24) is 19.6 Å². The summed E-state index contributed by atoms with van der Waals surface area (Å²) in [7, 11) is 1.52. The number of pyridine rings is 1. The Labute approximate surface area is 301 Å². The Morgan fingerprint density at radius 2 is 1.74 bits per heavy atom. The molecule has 7 rings (SSSR count). The van der Waals surface area contributed by atoms with Crippen LogP contribution in [0, 0.1) is 13.8 Å². The van der Waals surface area contributed by atoms with E-state index >= 15 is 0 Å². The van der Waals surface area contributed by atoms with Crippen molar-refractivity contribution < 1.29 is 24.2 Å². The van der Waals surface area contributed by atoms with Gasteiger partial charge in [-0.1, -0.05) is 89.3 Å². The van der Waals surface area contributed by atoms with Gasteiger partial charge in [0.05, 0.1) is 24.4 Å². The van der Waals surface area contributed by atoms with Crippen LogP contribution in [-0.2, 0) is 21.9 Å². The highest BCUT2D eigenvalue weighted by Gasteiger charge is 2.49. The van der Waals surface area contributed by atoms with Gasteiger partial charge in [0.15, 0.2) is 21.6 Å². The number of benzene rings is 3. The molecule has 1 amide bonds. The third-order valence-electron chi connectivity index (χ3n) is 8.37. The molecule has 0 bridgehead atoms. The lowest BCUT2D eigenvalue weighted by Crippen LogP contribution is -2.29. The fourth-order valence-corrected chi connectivity index (χ4v) is 7.76. The lowest BCUT2D eigenvalue weighted by atomic mass is 9.96. The molecular weight excluding hydrogens is 694 g/mol. The molecule has 1 aliphatic rings. The van der Waals surface area contributed by atoms with Crippen LogP contribution in [0.4, 0.5) is 5.13 Å². The Balaban J connectivity index is 1.30.